The lowest BCUT2D eigenvalue weighted by atomic mass is 10.1. The van der Waals surface area contributed by atoms with E-state index in [0.717, 1.165) is 5.75 Å². The monoisotopic (exact) mass is 416 g/mol. The van der Waals surface area contributed by atoms with Gasteiger partial charge in [0.05, 0.1) is 0 Å². The second-order valence-corrected chi connectivity index (χ2v) is 8.32. The first kappa shape index (κ1) is 24.7. The van der Waals surface area contributed by atoms with Crippen LogP contribution < -0.4 is 4.74 Å². The van der Waals surface area contributed by atoms with Gasteiger partial charge in [0.15, 0.2) is 0 Å². The maximum absolute atomic E-state index is 5.81. The SMILES string of the molecule is CCCCCc1ccc(OCc2ccc(C)cc2)cc1.CCCCCc1ccccc1. The largest absolute Gasteiger partial charge is 0.489 e. The Labute approximate surface area is 190 Å². The fraction of sp³-hybridized carbons (Fsp3) is 0.400. The highest BCUT2D eigenvalue weighted by Gasteiger charge is 1.98. The van der Waals surface area contributed by atoms with Gasteiger partial charge in [-0.25, -0.2) is 0 Å². The summed E-state index contributed by atoms with van der Waals surface area (Å²) in [5.41, 5.74) is 5.37. The first-order valence-electron chi connectivity index (χ1n) is 12.0. The lowest BCUT2D eigenvalue weighted by molar-refractivity contribution is 0.306. The van der Waals surface area contributed by atoms with Crippen molar-refractivity contribution in [3.63, 3.8) is 0 Å². The highest BCUT2D eigenvalue weighted by molar-refractivity contribution is 5.28. The van der Waals surface area contributed by atoms with Gasteiger partial charge in [-0.3, -0.25) is 0 Å². The van der Waals surface area contributed by atoms with Gasteiger partial charge in [-0.2, -0.15) is 0 Å². The van der Waals surface area contributed by atoms with E-state index in [1.165, 1.54) is 73.6 Å². The smallest absolute Gasteiger partial charge is 0.119 e. The Morgan fingerprint density at radius 1 is 0.548 bits per heavy atom. The predicted octanol–water partition coefficient (Wildman–Crippen LogP) is 8.73. The minimum Gasteiger partial charge on any atom is -0.489 e. The van der Waals surface area contributed by atoms with E-state index in [1.54, 1.807) is 0 Å². The molecule has 1 nitrogen and oxygen atoms in total. The van der Waals surface area contributed by atoms with Crippen LogP contribution in [0.1, 0.15) is 74.6 Å². The third kappa shape index (κ3) is 10.9. The van der Waals surface area contributed by atoms with Crippen molar-refractivity contribution in [3.05, 3.63) is 101 Å². The summed E-state index contributed by atoms with van der Waals surface area (Å²) in [5, 5.41) is 0. The van der Waals surface area contributed by atoms with Crippen LogP contribution in [0.3, 0.4) is 0 Å². The van der Waals surface area contributed by atoms with Gasteiger partial charge < -0.3 is 4.74 Å². The Bertz CT molecular complexity index is 803. The van der Waals surface area contributed by atoms with Crippen molar-refractivity contribution in [3.8, 4) is 5.75 Å². The Hall–Kier alpha value is -2.54. The van der Waals surface area contributed by atoms with Crippen molar-refractivity contribution in [2.24, 2.45) is 0 Å². The van der Waals surface area contributed by atoms with Crippen molar-refractivity contribution in [2.45, 2.75) is 78.7 Å². The van der Waals surface area contributed by atoms with Crippen molar-refractivity contribution in [1.29, 1.82) is 0 Å². The van der Waals surface area contributed by atoms with E-state index in [-0.39, 0.29) is 0 Å². The van der Waals surface area contributed by atoms with Gasteiger partial charge in [-0.05, 0) is 61.4 Å². The average Bonchev–Trinajstić information content (AvgIpc) is 2.81. The average molecular weight is 417 g/mol. The molecule has 1 heteroatoms. The summed E-state index contributed by atoms with van der Waals surface area (Å²) in [7, 11) is 0. The van der Waals surface area contributed by atoms with E-state index in [2.05, 4.69) is 99.6 Å². The molecule has 3 aromatic carbocycles. The van der Waals surface area contributed by atoms with Crippen LogP contribution in [-0.4, -0.2) is 0 Å². The number of hydrogen-bond donors (Lipinski definition) is 0. The Morgan fingerprint density at radius 3 is 1.61 bits per heavy atom. The molecule has 0 aliphatic carbocycles. The number of hydrogen-bond acceptors (Lipinski definition) is 1. The molecule has 0 amide bonds. The quantitative estimate of drug-likeness (QED) is 0.284. The van der Waals surface area contributed by atoms with Gasteiger partial charge in [-0.1, -0.05) is 112 Å². The summed E-state index contributed by atoms with van der Waals surface area (Å²) in [4.78, 5) is 0. The maximum Gasteiger partial charge on any atom is 0.119 e. The summed E-state index contributed by atoms with van der Waals surface area (Å²) in [6, 6.07) is 27.7. The minimum atomic E-state index is 0.634. The molecule has 0 fully saturated rings. The van der Waals surface area contributed by atoms with Crippen molar-refractivity contribution in [2.75, 3.05) is 0 Å². The van der Waals surface area contributed by atoms with Gasteiger partial charge in [0.25, 0.3) is 0 Å². The van der Waals surface area contributed by atoms with E-state index in [9.17, 15) is 0 Å². The zero-order valence-corrected chi connectivity index (χ0v) is 19.8. The molecule has 3 aromatic rings. The van der Waals surface area contributed by atoms with Crippen molar-refractivity contribution in [1.82, 2.24) is 0 Å². The van der Waals surface area contributed by atoms with Gasteiger partial charge in [-0.15, -0.1) is 0 Å². The number of benzene rings is 3. The molecule has 0 spiro atoms. The van der Waals surface area contributed by atoms with Crippen LogP contribution in [0.5, 0.6) is 5.75 Å². The van der Waals surface area contributed by atoms with Crippen LogP contribution in [0.15, 0.2) is 78.9 Å². The molecule has 31 heavy (non-hydrogen) atoms. The van der Waals surface area contributed by atoms with Crippen LogP contribution in [0.25, 0.3) is 0 Å². The fourth-order valence-electron chi connectivity index (χ4n) is 3.41. The van der Waals surface area contributed by atoms with Crippen LogP contribution in [0.2, 0.25) is 0 Å². The molecule has 0 heterocycles. The molecule has 0 atom stereocenters. The van der Waals surface area contributed by atoms with Gasteiger partial charge in [0, 0.05) is 0 Å². The Morgan fingerprint density at radius 2 is 1.06 bits per heavy atom. The standard InChI is InChI=1S/C19H24O.C11H16/c1-3-4-5-6-17-11-13-19(14-12-17)20-15-18-9-7-16(2)8-10-18;1-2-3-5-8-11-9-6-4-7-10-11/h7-14H,3-6,15H2,1-2H3;4,6-7,9-10H,2-3,5,8H2,1H3. The van der Waals surface area contributed by atoms with Crippen molar-refractivity contribution >= 4 is 0 Å². The summed E-state index contributed by atoms with van der Waals surface area (Å²) in [5.74, 6) is 0.949. The molecular formula is C30H40O. The van der Waals surface area contributed by atoms with E-state index in [0.29, 0.717) is 6.61 Å². The topological polar surface area (TPSA) is 9.23 Å². The van der Waals surface area contributed by atoms with Gasteiger partial charge in [0.2, 0.25) is 0 Å². The van der Waals surface area contributed by atoms with E-state index < -0.39 is 0 Å². The summed E-state index contributed by atoms with van der Waals surface area (Å²) < 4.78 is 5.81. The Kier molecular flexibility index (Phi) is 12.2. The third-order valence-electron chi connectivity index (χ3n) is 5.43. The number of rotatable bonds is 11. The zero-order chi connectivity index (χ0) is 22.2. The second kappa shape index (κ2) is 15.3. The number of aryl methyl sites for hydroxylation is 3. The van der Waals surface area contributed by atoms with Crippen LogP contribution in [-0.2, 0) is 19.4 Å². The predicted molar refractivity (Wildman–Crippen MR) is 135 cm³/mol. The molecule has 0 radical (unpaired) electrons. The summed E-state index contributed by atoms with van der Waals surface area (Å²) in [6.07, 6.45) is 10.3. The lowest BCUT2D eigenvalue weighted by Gasteiger charge is -2.08. The minimum absolute atomic E-state index is 0.634. The molecular weight excluding hydrogens is 376 g/mol. The van der Waals surface area contributed by atoms with Crippen LogP contribution in [0.4, 0.5) is 0 Å². The van der Waals surface area contributed by atoms with Crippen molar-refractivity contribution < 1.29 is 4.74 Å². The maximum atomic E-state index is 5.81. The molecule has 0 bridgehead atoms. The fourth-order valence-corrected chi connectivity index (χ4v) is 3.41. The normalized spacial score (nSPS) is 10.3. The lowest BCUT2D eigenvalue weighted by Crippen LogP contribution is -1.95. The van der Waals surface area contributed by atoms with Gasteiger partial charge >= 0.3 is 0 Å². The molecule has 0 aliphatic heterocycles. The summed E-state index contributed by atoms with van der Waals surface area (Å²) in [6.45, 7) is 7.21. The zero-order valence-electron chi connectivity index (χ0n) is 19.8. The second-order valence-electron chi connectivity index (χ2n) is 8.32. The van der Waals surface area contributed by atoms with E-state index in [1.807, 2.05) is 0 Å². The first-order valence-corrected chi connectivity index (χ1v) is 12.0. The molecule has 0 aromatic heterocycles. The molecule has 166 valence electrons. The molecule has 0 aliphatic rings. The summed E-state index contributed by atoms with van der Waals surface area (Å²) >= 11 is 0. The molecule has 0 saturated carbocycles. The van der Waals surface area contributed by atoms with E-state index >= 15 is 0 Å². The number of unbranched alkanes of at least 4 members (excludes halogenated alkanes) is 4. The van der Waals surface area contributed by atoms with Crippen LogP contribution >= 0.6 is 0 Å². The first-order chi connectivity index (χ1) is 15.2. The van der Waals surface area contributed by atoms with Gasteiger partial charge in [0.1, 0.15) is 12.4 Å². The molecule has 0 N–H and O–H groups in total. The highest BCUT2D eigenvalue weighted by Crippen LogP contribution is 2.16. The van der Waals surface area contributed by atoms with E-state index in [4.69, 9.17) is 4.74 Å². The Balaban J connectivity index is 0.000000262. The molecule has 3 rings (SSSR count). The molecule has 0 unspecified atom stereocenters. The molecule has 0 saturated heterocycles. The third-order valence-corrected chi connectivity index (χ3v) is 5.43. The van der Waals surface area contributed by atoms with Crippen LogP contribution in [0, 0.1) is 6.92 Å². The highest BCUT2D eigenvalue weighted by atomic mass is 16.5. The number of ether oxygens (including phenoxy) is 1.